The third-order valence-corrected chi connectivity index (χ3v) is 4.59. The first-order chi connectivity index (χ1) is 8.97. The summed E-state index contributed by atoms with van der Waals surface area (Å²) in [7, 11) is 0. The van der Waals surface area contributed by atoms with Crippen LogP contribution in [0.2, 0.25) is 0 Å². The van der Waals surface area contributed by atoms with Gasteiger partial charge in [0.15, 0.2) is 0 Å². The highest BCUT2D eigenvalue weighted by atomic mass is 79.9. The molecule has 0 bridgehead atoms. The molecule has 0 saturated carbocycles. The van der Waals surface area contributed by atoms with Gasteiger partial charge in [0.05, 0.1) is 5.92 Å². The lowest BCUT2D eigenvalue weighted by Crippen LogP contribution is -2.40. The molecule has 5 heteroatoms. The van der Waals surface area contributed by atoms with Gasteiger partial charge in [0.2, 0.25) is 11.8 Å². The van der Waals surface area contributed by atoms with Crippen LogP contribution in [0.15, 0.2) is 16.6 Å². The van der Waals surface area contributed by atoms with Crippen LogP contribution < -0.4 is 10.6 Å². The molecule has 102 valence electrons. The molecule has 2 amide bonds. The van der Waals surface area contributed by atoms with Gasteiger partial charge in [-0.2, -0.15) is 0 Å². The molecule has 1 aromatic rings. The van der Waals surface area contributed by atoms with Gasteiger partial charge in [-0.3, -0.25) is 9.59 Å². The number of aryl methyl sites for hydroxylation is 2. The molecule has 2 N–H and O–H groups in total. The third-order valence-electron chi connectivity index (χ3n) is 3.34. The zero-order valence-corrected chi connectivity index (χ0v) is 12.6. The summed E-state index contributed by atoms with van der Waals surface area (Å²) >= 11 is 3.50. The summed E-state index contributed by atoms with van der Waals surface area (Å²) in [6.07, 6.45) is 1.04. The van der Waals surface area contributed by atoms with Gasteiger partial charge in [-0.05, 0) is 43.5 Å². The van der Waals surface area contributed by atoms with E-state index in [1.54, 1.807) is 0 Å². The number of carbonyl (C=O) groups is 2. The van der Waals surface area contributed by atoms with Crippen molar-refractivity contribution >= 4 is 33.4 Å². The molecule has 19 heavy (non-hydrogen) atoms. The Balaban J connectivity index is 2.05. The van der Waals surface area contributed by atoms with Gasteiger partial charge in [-0.15, -0.1) is 0 Å². The smallest absolute Gasteiger partial charge is 0.229 e. The van der Waals surface area contributed by atoms with E-state index < -0.39 is 0 Å². The minimum Gasteiger partial charge on any atom is -0.355 e. The lowest BCUT2D eigenvalue weighted by Gasteiger charge is -2.22. The summed E-state index contributed by atoms with van der Waals surface area (Å²) in [5.41, 5.74) is 2.99. The second-order valence-electron chi connectivity index (χ2n) is 4.95. The number of hydrogen-bond acceptors (Lipinski definition) is 2. The number of rotatable bonds is 2. The van der Waals surface area contributed by atoms with E-state index in [4.69, 9.17) is 0 Å². The normalized spacial score (nSPS) is 18.9. The third kappa shape index (κ3) is 3.35. The van der Waals surface area contributed by atoms with Gasteiger partial charge < -0.3 is 10.6 Å². The SMILES string of the molecule is Cc1cc(NC(=O)C2CCC(=O)NC2)cc(C)c1Br. The molecule has 0 aliphatic carbocycles. The molecule has 1 atom stereocenters. The first-order valence-electron chi connectivity index (χ1n) is 6.31. The van der Waals surface area contributed by atoms with Gasteiger partial charge in [-0.25, -0.2) is 0 Å². The minimum atomic E-state index is -0.137. The Morgan fingerprint density at radius 1 is 1.37 bits per heavy atom. The monoisotopic (exact) mass is 324 g/mol. The summed E-state index contributed by atoms with van der Waals surface area (Å²) in [4.78, 5) is 23.2. The Bertz CT molecular complexity index is 495. The van der Waals surface area contributed by atoms with Crippen LogP contribution in [0.1, 0.15) is 24.0 Å². The van der Waals surface area contributed by atoms with Crippen molar-refractivity contribution in [3.63, 3.8) is 0 Å². The number of carbonyl (C=O) groups excluding carboxylic acids is 2. The molecule has 1 heterocycles. The topological polar surface area (TPSA) is 58.2 Å². The van der Waals surface area contributed by atoms with E-state index in [-0.39, 0.29) is 17.7 Å². The fraction of sp³-hybridized carbons (Fsp3) is 0.429. The fourth-order valence-electron chi connectivity index (χ4n) is 2.22. The summed E-state index contributed by atoms with van der Waals surface area (Å²) in [6.45, 7) is 4.42. The maximum absolute atomic E-state index is 12.1. The summed E-state index contributed by atoms with van der Waals surface area (Å²) in [5, 5.41) is 5.65. The van der Waals surface area contributed by atoms with Crippen molar-refractivity contribution in [1.29, 1.82) is 0 Å². The van der Waals surface area contributed by atoms with Crippen molar-refractivity contribution in [2.75, 3.05) is 11.9 Å². The first-order valence-corrected chi connectivity index (χ1v) is 7.11. The zero-order chi connectivity index (χ0) is 14.0. The van der Waals surface area contributed by atoms with Crippen LogP contribution in [0.25, 0.3) is 0 Å². The molecule has 0 spiro atoms. The van der Waals surface area contributed by atoms with Gasteiger partial charge in [0, 0.05) is 23.1 Å². The van der Waals surface area contributed by atoms with E-state index in [9.17, 15) is 9.59 Å². The second-order valence-corrected chi connectivity index (χ2v) is 5.75. The molecule has 1 aromatic carbocycles. The maximum Gasteiger partial charge on any atom is 0.229 e. The van der Waals surface area contributed by atoms with E-state index in [2.05, 4.69) is 26.6 Å². The molecule has 1 aliphatic rings. The Labute approximate surface area is 121 Å². The summed E-state index contributed by atoms with van der Waals surface area (Å²) < 4.78 is 1.07. The van der Waals surface area contributed by atoms with Crippen molar-refractivity contribution in [2.24, 2.45) is 5.92 Å². The van der Waals surface area contributed by atoms with Crippen LogP contribution in [0.4, 0.5) is 5.69 Å². The maximum atomic E-state index is 12.1. The number of halogens is 1. The highest BCUT2D eigenvalue weighted by Crippen LogP contribution is 2.25. The number of benzene rings is 1. The predicted molar refractivity (Wildman–Crippen MR) is 78.0 cm³/mol. The first kappa shape index (κ1) is 14.1. The molecule has 2 rings (SSSR count). The van der Waals surface area contributed by atoms with Crippen LogP contribution >= 0.6 is 15.9 Å². The lowest BCUT2D eigenvalue weighted by atomic mass is 9.98. The highest BCUT2D eigenvalue weighted by molar-refractivity contribution is 9.10. The van der Waals surface area contributed by atoms with Crippen molar-refractivity contribution in [3.05, 3.63) is 27.7 Å². The quantitative estimate of drug-likeness (QED) is 0.878. The number of hydrogen-bond donors (Lipinski definition) is 2. The lowest BCUT2D eigenvalue weighted by molar-refractivity contribution is -0.126. The zero-order valence-electron chi connectivity index (χ0n) is 11.0. The van der Waals surface area contributed by atoms with Gasteiger partial charge in [-0.1, -0.05) is 15.9 Å². The minimum absolute atomic E-state index is 0.0267. The summed E-state index contributed by atoms with van der Waals surface area (Å²) in [6, 6.07) is 3.88. The number of piperidine rings is 1. The van der Waals surface area contributed by atoms with Crippen molar-refractivity contribution in [3.8, 4) is 0 Å². The van der Waals surface area contributed by atoms with Gasteiger partial charge in [0.1, 0.15) is 0 Å². The molecule has 1 aliphatic heterocycles. The number of nitrogens with one attached hydrogen (secondary N) is 2. The average molecular weight is 325 g/mol. The van der Waals surface area contributed by atoms with Crippen LogP contribution in [0.3, 0.4) is 0 Å². The average Bonchev–Trinajstić information content (AvgIpc) is 2.36. The summed E-state index contributed by atoms with van der Waals surface area (Å²) in [5.74, 6) is -0.137. The highest BCUT2D eigenvalue weighted by Gasteiger charge is 2.24. The van der Waals surface area contributed by atoms with Crippen LogP contribution in [-0.2, 0) is 9.59 Å². The van der Waals surface area contributed by atoms with Crippen LogP contribution in [0, 0.1) is 19.8 Å². The largest absolute Gasteiger partial charge is 0.355 e. The standard InChI is InChI=1S/C14H17BrN2O2/c1-8-5-11(6-9(2)13(8)15)17-14(19)10-3-4-12(18)16-7-10/h5-6,10H,3-4,7H2,1-2H3,(H,16,18)(H,17,19). The van der Waals surface area contributed by atoms with E-state index in [0.29, 0.717) is 19.4 Å². The van der Waals surface area contributed by atoms with E-state index in [1.807, 2.05) is 26.0 Å². The molecule has 1 fully saturated rings. The van der Waals surface area contributed by atoms with Crippen molar-refractivity contribution in [2.45, 2.75) is 26.7 Å². The Morgan fingerprint density at radius 2 is 2.00 bits per heavy atom. The van der Waals surface area contributed by atoms with Gasteiger partial charge in [0.25, 0.3) is 0 Å². The Hall–Kier alpha value is -1.36. The van der Waals surface area contributed by atoms with E-state index in [0.717, 1.165) is 21.3 Å². The number of anilines is 1. The predicted octanol–water partition coefficient (Wildman–Crippen LogP) is 2.53. The molecular formula is C14H17BrN2O2. The van der Waals surface area contributed by atoms with E-state index >= 15 is 0 Å². The van der Waals surface area contributed by atoms with Gasteiger partial charge >= 0.3 is 0 Å². The molecule has 1 unspecified atom stereocenters. The van der Waals surface area contributed by atoms with Crippen LogP contribution in [0.5, 0.6) is 0 Å². The molecule has 0 radical (unpaired) electrons. The second kappa shape index (κ2) is 5.74. The Morgan fingerprint density at radius 3 is 2.53 bits per heavy atom. The molecular weight excluding hydrogens is 308 g/mol. The molecule has 0 aromatic heterocycles. The van der Waals surface area contributed by atoms with Crippen LogP contribution in [-0.4, -0.2) is 18.4 Å². The van der Waals surface area contributed by atoms with E-state index in [1.165, 1.54) is 0 Å². The molecule has 4 nitrogen and oxygen atoms in total. The fourth-order valence-corrected chi connectivity index (χ4v) is 2.45. The van der Waals surface area contributed by atoms with Crippen molar-refractivity contribution < 1.29 is 9.59 Å². The number of amides is 2. The van der Waals surface area contributed by atoms with Crippen molar-refractivity contribution in [1.82, 2.24) is 5.32 Å². The molecule has 1 saturated heterocycles. The Kier molecular flexibility index (Phi) is 4.24.